The molecule has 5 nitrogen and oxygen atoms in total. The molecule has 1 aliphatic heterocycles. The standard InChI is InChI=1S/C21H22N4O/c26-21(24-10-8-16(9-11-24)15-4-2-1-3-5-15)17-12-19-20(22-13-17)25(14-23-19)18-6-7-18/h1-5,12-14,16,18H,6-11H2. The monoisotopic (exact) mass is 346 g/mol. The number of benzene rings is 1. The second-order valence-corrected chi connectivity index (χ2v) is 7.43. The van der Waals surface area contributed by atoms with Crippen LogP contribution in [-0.2, 0) is 0 Å². The molecule has 0 bridgehead atoms. The summed E-state index contributed by atoms with van der Waals surface area (Å²) in [4.78, 5) is 23.8. The Morgan fingerprint density at radius 1 is 1.00 bits per heavy atom. The molecule has 1 saturated carbocycles. The number of fused-ring (bicyclic) bond motifs is 1. The fraction of sp³-hybridized carbons (Fsp3) is 0.381. The van der Waals surface area contributed by atoms with Gasteiger partial charge in [-0.25, -0.2) is 9.97 Å². The maximum atomic E-state index is 12.9. The van der Waals surface area contributed by atoms with Crippen molar-refractivity contribution in [2.75, 3.05) is 13.1 Å². The van der Waals surface area contributed by atoms with Gasteiger partial charge in [-0.05, 0) is 43.2 Å². The molecule has 2 fully saturated rings. The minimum absolute atomic E-state index is 0.0758. The van der Waals surface area contributed by atoms with Crippen molar-refractivity contribution in [2.24, 2.45) is 0 Å². The summed E-state index contributed by atoms with van der Waals surface area (Å²) in [6.07, 6.45) is 8.00. The van der Waals surface area contributed by atoms with Gasteiger partial charge in [0.05, 0.1) is 11.9 Å². The maximum absolute atomic E-state index is 12.9. The van der Waals surface area contributed by atoms with Gasteiger partial charge in [-0.3, -0.25) is 4.79 Å². The number of pyridine rings is 1. The fourth-order valence-corrected chi connectivity index (χ4v) is 3.98. The number of hydrogen-bond acceptors (Lipinski definition) is 3. The van der Waals surface area contributed by atoms with Crippen molar-refractivity contribution in [3.8, 4) is 0 Å². The van der Waals surface area contributed by atoms with Gasteiger partial charge in [-0.15, -0.1) is 0 Å². The first kappa shape index (κ1) is 15.6. The molecule has 1 amide bonds. The maximum Gasteiger partial charge on any atom is 0.255 e. The van der Waals surface area contributed by atoms with E-state index in [1.165, 1.54) is 18.4 Å². The minimum atomic E-state index is 0.0758. The van der Waals surface area contributed by atoms with Crippen LogP contribution in [0.2, 0.25) is 0 Å². The van der Waals surface area contributed by atoms with E-state index in [-0.39, 0.29) is 5.91 Å². The Morgan fingerprint density at radius 3 is 2.50 bits per heavy atom. The van der Waals surface area contributed by atoms with Gasteiger partial charge >= 0.3 is 0 Å². The summed E-state index contributed by atoms with van der Waals surface area (Å²) in [7, 11) is 0. The molecule has 1 saturated heterocycles. The van der Waals surface area contributed by atoms with Crippen LogP contribution in [0.5, 0.6) is 0 Å². The van der Waals surface area contributed by atoms with Crippen molar-refractivity contribution in [3.63, 3.8) is 0 Å². The molecule has 0 N–H and O–H groups in total. The van der Waals surface area contributed by atoms with Crippen molar-refractivity contribution in [3.05, 3.63) is 60.0 Å². The Labute approximate surface area is 152 Å². The van der Waals surface area contributed by atoms with Crippen LogP contribution in [0.4, 0.5) is 0 Å². The molecule has 2 aromatic heterocycles. The fourth-order valence-electron chi connectivity index (χ4n) is 3.98. The first-order valence-corrected chi connectivity index (χ1v) is 9.46. The van der Waals surface area contributed by atoms with E-state index >= 15 is 0 Å². The van der Waals surface area contributed by atoms with Crippen LogP contribution in [0.3, 0.4) is 0 Å². The Balaban J connectivity index is 1.30. The van der Waals surface area contributed by atoms with E-state index < -0.39 is 0 Å². The van der Waals surface area contributed by atoms with Gasteiger partial charge in [0.2, 0.25) is 0 Å². The van der Waals surface area contributed by atoms with Crippen molar-refractivity contribution in [2.45, 2.75) is 37.6 Å². The number of nitrogens with zero attached hydrogens (tertiary/aromatic N) is 4. The number of amides is 1. The SMILES string of the molecule is O=C(c1cnc2c(c1)ncn2C1CC1)N1CCC(c2ccccc2)CC1. The van der Waals surface area contributed by atoms with Crippen molar-refractivity contribution >= 4 is 17.1 Å². The quantitative estimate of drug-likeness (QED) is 0.725. The third-order valence-electron chi connectivity index (χ3n) is 5.65. The van der Waals surface area contributed by atoms with Gasteiger partial charge in [0.1, 0.15) is 5.52 Å². The molecule has 5 heteroatoms. The number of piperidine rings is 1. The van der Waals surface area contributed by atoms with E-state index in [1.54, 1.807) is 6.20 Å². The summed E-state index contributed by atoms with van der Waals surface area (Å²) in [5.41, 5.74) is 3.75. The van der Waals surface area contributed by atoms with Crippen molar-refractivity contribution < 1.29 is 4.79 Å². The summed E-state index contributed by atoms with van der Waals surface area (Å²) in [5, 5.41) is 0. The molecule has 1 aromatic carbocycles. The second kappa shape index (κ2) is 6.24. The molecule has 26 heavy (non-hydrogen) atoms. The lowest BCUT2D eigenvalue weighted by molar-refractivity contribution is 0.0713. The van der Waals surface area contributed by atoms with E-state index in [9.17, 15) is 4.79 Å². The summed E-state index contributed by atoms with van der Waals surface area (Å²) in [6.45, 7) is 1.60. The number of carbonyl (C=O) groups is 1. The molecule has 0 radical (unpaired) electrons. The molecule has 0 unspecified atom stereocenters. The highest BCUT2D eigenvalue weighted by Crippen LogP contribution is 2.36. The predicted octanol–water partition coefficient (Wildman–Crippen LogP) is 3.79. The Bertz CT molecular complexity index is 937. The van der Waals surface area contributed by atoms with Gasteiger partial charge < -0.3 is 9.47 Å². The highest BCUT2D eigenvalue weighted by Gasteiger charge is 2.27. The number of aromatic nitrogens is 3. The number of imidazole rings is 1. The molecular weight excluding hydrogens is 324 g/mol. The summed E-state index contributed by atoms with van der Waals surface area (Å²) in [6, 6.07) is 13.1. The van der Waals surface area contributed by atoms with Gasteiger partial charge in [0, 0.05) is 25.3 Å². The van der Waals surface area contributed by atoms with Crippen LogP contribution < -0.4 is 0 Å². The molecule has 0 atom stereocenters. The highest BCUT2D eigenvalue weighted by molar-refractivity contribution is 5.96. The zero-order valence-corrected chi connectivity index (χ0v) is 14.7. The number of carbonyl (C=O) groups excluding carboxylic acids is 1. The molecule has 1 aliphatic carbocycles. The molecule has 5 rings (SSSR count). The lowest BCUT2D eigenvalue weighted by atomic mass is 9.89. The van der Waals surface area contributed by atoms with Crippen LogP contribution >= 0.6 is 0 Å². The molecule has 0 spiro atoms. The Hall–Kier alpha value is -2.69. The molecular formula is C21H22N4O. The molecule has 3 aromatic rings. The van der Waals surface area contributed by atoms with Crippen LogP contribution in [0.15, 0.2) is 48.9 Å². The van der Waals surface area contributed by atoms with Crippen molar-refractivity contribution in [1.29, 1.82) is 0 Å². The first-order valence-electron chi connectivity index (χ1n) is 9.46. The van der Waals surface area contributed by atoms with E-state index in [4.69, 9.17) is 0 Å². The predicted molar refractivity (Wildman–Crippen MR) is 100 cm³/mol. The lowest BCUT2D eigenvalue weighted by Crippen LogP contribution is -2.38. The zero-order chi connectivity index (χ0) is 17.5. The van der Waals surface area contributed by atoms with E-state index in [0.717, 1.165) is 37.1 Å². The number of likely N-dealkylation sites (tertiary alicyclic amines) is 1. The average Bonchev–Trinajstić information content (AvgIpc) is 3.47. The van der Waals surface area contributed by atoms with E-state index in [1.807, 2.05) is 17.3 Å². The summed E-state index contributed by atoms with van der Waals surface area (Å²) < 4.78 is 2.13. The first-order chi connectivity index (χ1) is 12.8. The normalized spacial score (nSPS) is 18.4. The molecule has 3 heterocycles. The lowest BCUT2D eigenvalue weighted by Gasteiger charge is -2.32. The Kier molecular flexibility index (Phi) is 3.73. The van der Waals surface area contributed by atoms with Gasteiger partial charge in [0.25, 0.3) is 5.91 Å². The van der Waals surface area contributed by atoms with Crippen LogP contribution in [0.1, 0.15) is 53.6 Å². The van der Waals surface area contributed by atoms with E-state index in [2.05, 4.69) is 44.9 Å². The van der Waals surface area contributed by atoms with Crippen LogP contribution in [0, 0.1) is 0 Å². The topological polar surface area (TPSA) is 51.0 Å². The van der Waals surface area contributed by atoms with Gasteiger partial charge in [-0.1, -0.05) is 30.3 Å². The third-order valence-corrected chi connectivity index (χ3v) is 5.65. The summed E-state index contributed by atoms with van der Waals surface area (Å²) >= 11 is 0. The minimum Gasteiger partial charge on any atom is -0.339 e. The number of hydrogen-bond donors (Lipinski definition) is 0. The van der Waals surface area contributed by atoms with Crippen molar-refractivity contribution in [1.82, 2.24) is 19.4 Å². The largest absolute Gasteiger partial charge is 0.339 e. The smallest absolute Gasteiger partial charge is 0.255 e. The average molecular weight is 346 g/mol. The summed E-state index contributed by atoms with van der Waals surface area (Å²) in [5.74, 6) is 0.627. The Morgan fingerprint density at radius 2 is 1.77 bits per heavy atom. The highest BCUT2D eigenvalue weighted by atomic mass is 16.2. The zero-order valence-electron chi connectivity index (χ0n) is 14.7. The van der Waals surface area contributed by atoms with Crippen LogP contribution in [0.25, 0.3) is 11.2 Å². The molecule has 132 valence electrons. The number of rotatable bonds is 3. The van der Waals surface area contributed by atoms with Crippen LogP contribution in [-0.4, -0.2) is 38.4 Å². The van der Waals surface area contributed by atoms with Gasteiger partial charge in [0.15, 0.2) is 5.65 Å². The van der Waals surface area contributed by atoms with E-state index in [0.29, 0.717) is 17.5 Å². The molecule has 2 aliphatic rings. The second-order valence-electron chi connectivity index (χ2n) is 7.43. The third kappa shape index (κ3) is 2.77. The van der Waals surface area contributed by atoms with Gasteiger partial charge in [-0.2, -0.15) is 0 Å².